The molecule has 0 radical (unpaired) electrons. The average Bonchev–Trinajstić information content (AvgIpc) is 2.24. The van der Waals surface area contributed by atoms with Crippen LogP contribution in [0.4, 0.5) is 0 Å². The highest BCUT2D eigenvalue weighted by Gasteiger charge is 2.30. The molecule has 0 bridgehead atoms. The Morgan fingerprint density at radius 2 is 0.489 bits per heavy atom. The Kier molecular flexibility index (Phi) is 66.8. The molecule has 17 nitrogen and oxygen atoms in total. The molecule has 0 aliphatic carbocycles. The monoisotopic (exact) mass is 1380 g/mol. The first kappa shape index (κ1) is 92.1. The Morgan fingerprint density at radius 1 is 0.287 bits per heavy atom. The lowest BCUT2D eigenvalue weighted by molar-refractivity contribution is -0.161. The van der Waals surface area contributed by atoms with Crippen LogP contribution in [0, 0.1) is 5.92 Å². The Balaban J connectivity index is 5.20. The SMILES string of the molecule is CCCCCCCCCCCCCCCCCCCCC(=O)O[C@H](COC(=O)CCCCCCCCCCCCCCCCC(C)C)COP(=O)(O)OC[C@@H](O)COP(=O)(O)OC[C@@H](COC(=O)CCCCCCCCCC)OC(=O)CCCCCCCCCCCCC. The number of carbonyl (C=O) groups excluding carboxylic acids is 4. The molecule has 0 aromatic carbocycles. The van der Waals surface area contributed by atoms with Crippen LogP contribution in [-0.2, 0) is 65.4 Å². The summed E-state index contributed by atoms with van der Waals surface area (Å²) in [5.41, 5.74) is 0. The van der Waals surface area contributed by atoms with Crippen molar-refractivity contribution in [2.45, 2.75) is 412 Å². The number of phosphoric ester groups is 2. The molecule has 558 valence electrons. The molecule has 19 heteroatoms. The summed E-state index contributed by atoms with van der Waals surface area (Å²) in [5.74, 6) is -1.32. The highest BCUT2D eigenvalue weighted by Crippen LogP contribution is 2.45. The molecule has 94 heavy (non-hydrogen) atoms. The first-order valence-corrected chi connectivity index (χ1v) is 42.1. The summed E-state index contributed by atoms with van der Waals surface area (Å²) >= 11 is 0. The van der Waals surface area contributed by atoms with E-state index in [0.29, 0.717) is 25.7 Å². The third-order valence-electron chi connectivity index (χ3n) is 17.5. The van der Waals surface area contributed by atoms with Gasteiger partial charge in [0.2, 0.25) is 0 Å². The number of aliphatic hydroxyl groups is 1. The molecular formula is C75H146O17P2. The summed E-state index contributed by atoms with van der Waals surface area (Å²) in [4.78, 5) is 72.7. The van der Waals surface area contributed by atoms with Gasteiger partial charge in [0.15, 0.2) is 12.2 Å². The van der Waals surface area contributed by atoms with E-state index >= 15 is 0 Å². The molecule has 0 aromatic rings. The van der Waals surface area contributed by atoms with Crippen LogP contribution in [0.2, 0.25) is 0 Å². The predicted molar refractivity (Wildman–Crippen MR) is 382 cm³/mol. The van der Waals surface area contributed by atoms with E-state index in [4.69, 9.17) is 37.0 Å². The smallest absolute Gasteiger partial charge is 0.462 e. The number of ether oxygens (including phenoxy) is 4. The van der Waals surface area contributed by atoms with E-state index in [1.165, 1.54) is 212 Å². The van der Waals surface area contributed by atoms with Gasteiger partial charge in [0, 0.05) is 25.7 Å². The van der Waals surface area contributed by atoms with Gasteiger partial charge in [-0.1, -0.05) is 343 Å². The van der Waals surface area contributed by atoms with Crippen molar-refractivity contribution in [3.63, 3.8) is 0 Å². The van der Waals surface area contributed by atoms with Crippen LogP contribution >= 0.6 is 15.6 Å². The van der Waals surface area contributed by atoms with E-state index in [-0.39, 0.29) is 25.7 Å². The molecule has 0 heterocycles. The van der Waals surface area contributed by atoms with Crippen LogP contribution in [-0.4, -0.2) is 96.7 Å². The molecular weight excluding hydrogens is 1230 g/mol. The van der Waals surface area contributed by atoms with Crippen molar-refractivity contribution in [2.75, 3.05) is 39.6 Å². The number of unbranched alkanes of at least 4 members (excludes halogenated alkanes) is 47. The minimum Gasteiger partial charge on any atom is -0.462 e. The minimum absolute atomic E-state index is 0.107. The highest BCUT2D eigenvalue weighted by atomic mass is 31.2. The fourth-order valence-corrected chi connectivity index (χ4v) is 13.1. The van der Waals surface area contributed by atoms with Crippen molar-refractivity contribution in [3.8, 4) is 0 Å². The van der Waals surface area contributed by atoms with E-state index < -0.39 is 97.5 Å². The number of rotatable bonds is 75. The van der Waals surface area contributed by atoms with Gasteiger partial charge >= 0.3 is 39.5 Å². The largest absolute Gasteiger partial charge is 0.472 e. The van der Waals surface area contributed by atoms with Crippen molar-refractivity contribution >= 4 is 39.5 Å². The van der Waals surface area contributed by atoms with E-state index in [9.17, 15) is 43.2 Å². The maximum absolute atomic E-state index is 13.1. The molecule has 0 spiro atoms. The second-order valence-electron chi connectivity index (χ2n) is 27.5. The fourth-order valence-electron chi connectivity index (χ4n) is 11.5. The molecule has 0 fully saturated rings. The second kappa shape index (κ2) is 68.2. The molecule has 0 saturated carbocycles. The summed E-state index contributed by atoms with van der Waals surface area (Å²) in [6.45, 7) is 7.28. The third-order valence-corrected chi connectivity index (χ3v) is 19.4. The Hall–Kier alpha value is -1.94. The molecule has 5 atom stereocenters. The maximum atomic E-state index is 13.1. The van der Waals surface area contributed by atoms with Gasteiger partial charge in [0.05, 0.1) is 26.4 Å². The third kappa shape index (κ3) is 68.6. The van der Waals surface area contributed by atoms with Gasteiger partial charge in [-0.25, -0.2) is 9.13 Å². The molecule has 0 saturated heterocycles. The summed E-state index contributed by atoms with van der Waals surface area (Å²) in [6, 6.07) is 0. The van der Waals surface area contributed by atoms with E-state index in [1.807, 2.05) is 0 Å². The average molecular weight is 1380 g/mol. The number of carbonyl (C=O) groups is 4. The fraction of sp³-hybridized carbons (Fsp3) is 0.947. The Bertz CT molecular complexity index is 1810. The number of hydrogen-bond acceptors (Lipinski definition) is 15. The molecule has 0 rings (SSSR count). The number of esters is 4. The maximum Gasteiger partial charge on any atom is 0.472 e. The van der Waals surface area contributed by atoms with E-state index in [1.54, 1.807) is 0 Å². The van der Waals surface area contributed by atoms with Crippen LogP contribution in [0.5, 0.6) is 0 Å². The van der Waals surface area contributed by atoms with Crippen LogP contribution in [0.3, 0.4) is 0 Å². The number of phosphoric acid groups is 2. The van der Waals surface area contributed by atoms with Gasteiger partial charge in [-0.05, 0) is 31.6 Å². The molecule has 2 unspecified atom stereocenters. The lowest BCUT2D eigenvalue weighted by Gasteiger charge is -2.21. The number of aliphatic hydroxyl groups excluding tert-OH is 1. The van der Waals surface area contributed by atoms with E-state index in [2.05, 4.69) is 34.6 Å². The normalized spacial score (nSPS) is 14.0. The van der Waals surface area contributed by atoms with Crippen molar-refractivity contribution in [1.29, 1.82) is 0 Å². The lowest BCUT2D eigenvalue weighted by atomic mass is 10.0. The van der Waals surface area contributed by atoms with Crippen LogP contribution in [0.15, 0.2) is 0 Å². The zero-order chi connectivity index (χ0) is 69.1. The summed E-state index contributed by atoms with van der Waals surface area (Å²) in [5, 5.41) is 10.6. The molecule has 3 N–H and O–H groups in total. The number of hydrogen-bond donors (Lipinski definition) is 3. The summed E-state index contributed by atoms with van der Waals surface area (Å²) in [7, 11) is -9.90. The van der Waals surface area contributed by atoms with Crippen molar-refractivity contribution in [1.82, 2.24) is 0 Å². The van der Waals surface area contributed by atoms with Crippen molar-refractivity contribution in [2.24, 2.45) is 5.92 Å². The second-order valence-corrected chi connectivity index (χ2v) is 30.4. The first-order chi connectivity index (χ1) is 45.5. The minimum atomic E-state index is -4.96. The van der Waals surface area contributed by atoms with Gasteiger partial charge in [-0.2, -0.15) is 0 Å². The van der Waals surface area contributed by atoms with Crippen LogP contribution in [0.25, 0.3) is 0 Å². The van der Waals surface area contributed by atoms with E-state index in [0.717, 1.165) is 102 Å². The van der Waals surface area contributed by atoms with Crippen LogP contribution < -0.4 is 0 Å². The topological polar surface area (TPSA) is 237 Å². The van der Waals surface area contributed by atoms with Crippen LogP contribution in [0.1, 0.15) is 394 Å². The van der Waals surface area contributed by atoms with Gasteiger partial charge in [0.1, 0.15) is 19.3 Å². The first-order valence-electron chi connectivity index (χ1n) is 39.1. The molecule has 0 aromatic heterocycles. The van der Waals surface area contributed by atoms with Crippen molar-refractivity contribution < 1.29 is 80.2 Å². The highest BCUT2D eigenvalue weighted by molar-refractivity contribution is 7.47. The zero-order valence-electron chi connectivity index (χ0n) is 61.1. The molecule has 0 amide bonds. The summed E-state index contributed by atoms with van der Waals surface area (Å²) in [6.07, 6.45) is 56.9. The van der Waals surface area contributed by atoms with Gasteiger partial charge < -0.3 is 33.8 Å². The Morgan fingerprint density at radius 3 is 0.723 bits per heavy atom. The predicted octanol–water partition coefficient (Wildman–Crippen LogP) is 22.1. The van der Waals surface area contributed by atoms with Crippen molar-refractivity contribution in [3.05, 3.63) is 0 Å². The quantitative estimate of drug-likeness (QED) is 0.0222. The summed E-state index contributed by atoms with van der Waals surface area (Å²) < 4.78 is 68.4. The van der Waals surface area contributed by atoms with Gasteiger partial charge in [0.25, 0.3) is 0 Å². The molecule has 0 aliphatic heterocycles. The lowest BCUT2D eigenvalue weighted by Crippen LogP contribution is -2.30. The zero-order valence-corrected chi connectivity index (χ0v) is 62.9. The standard InChI is InChI=1S/C75H146O17P2/c1-6-9-12-15-18-21-23-24-25-26-27-28-33-37-41-46-51-56-61-75(80)92-71(65-86-73(78)59-54-49-44-39-36-32-30-29-31-35-38-42-47-52-57-68(4)5)67-90-94(83,84)88-63-69(76)62-87-93(81,82)89-66-70(64-85-72(77)58-53-48-43-20-17-14-11-8-3)91-74(79)60-55-50-45-40-34-22-19-16-13-10-7-2/h68-71,76H,6-67H2,1-5H3,(H,81,82)(H,83,84)/t69-,70+,71+/m0/s1. The Labute approximate surface area is 575 Å². The van der Waals surface area contributed by atoms with Gasteiger partial charge in [-0.3, -0.25) is 37.3 Å². The molecule has 0 aliphatic rings. The van der Waals surface area contributed by atoms with Gasteiger partial charge in [-0.15, -0.1) is 0 Å².